The van der Waals surface area contributed by atoms with Crippen LogP contribution in [0.5, 0.6) is 0 Å². The minimum atomic E-state index is -0.347. The molecular weight excluding hydrogens is 682 g/mol. The molecule has 0 saturated heterocycles. The molecule has 0 unspecified atom stereocenters. The molecule has 0 aliphatic heterocycles. The summed E-state index contributed by atoms with van der Waals surface area (Å²) in [6.07, 6.45) is 0. The van der Waals surface area contributed by atoms with Crippen molar-refractivity contribution in [1.29, 1.82) is 0 Å². The first kappa shape index (κ1) is 34.2. The third-order valence-corrected chi connectivity index (χ3v) is 8.52. The largest absolute Gasteiger partial charge is 0.392 e. The van der Waals surface area contributed by atoms with Crippen LogP contribution in [0.3, 0.4) is 0 Å². The Morgan fingerprint density at radius 1 is 0.481 bits per heavy atom. The molecule has 256 valence electrons. The lowest BCUT2D eigenvalue weighted by Gasteiger charge is -2.04. The van der Waals surface area contributed by atoms with Gasteiger partial charge in [0.15, 0.2) is 0 Å². The van der Waals surface area contributed by atoms with Crippen molar-refractivity contribution in [3.05, 3.63) is 168 Å². The second-order valence-electron chi connectivity index (χ2n) is 11.7. The van der Waals surface area contributed by atoms with Gasteiger partial charge in [-0.25, -0.2) is 8.78 Å². The Balaban J connectivity index is 0.000000162. The Kier molecular flexibility index (Phi) is 10.3. The summed E-state index contributed by atoms with van der Waals surface area (Å²) < 4.78 is 39.6. The van der Waals surface area contributed by atoms with Crippen molar-refractivity contribution < 1.29 is 22.9 Å². The van der Waals surface area contributed by atoms with Crippen LogP contribution in [0.1, 0.15) is 11.1 Å². The first-order chi connectivity index (χ1) is 25.5. The molecule has 8 rings (SSSR count). The van der Waals surface area contributed by atoms with E-state index in [0.717, 1.165) is 33.4 Å². The van der Waals surface area contributed by atoms with Gasteiger partial charge >= 0.3 is 0 Å². The minimum absolute atomic E-state index is 0.0230. The van der Waals surface area contributed by atoms with Gasteiger partial charge in [-0.05, 0) is 46.5 Å². The number of alkyl halides is 1. The highest BCUT2D eigenvalue weighted by molar-refractivity contribution is 6.17. The average Bonchev–Trinajstić information content (AvgIpc) is 3.91. The van der Waals surface area contributed by atoms with Gasteiger partial charge in [0.05, 0.1) is 6.61 Å². The number of aromatic nitrogens is 4. The Hall–Kier alpha value is -6.29. The Bertz CT molecular complexity index is 2230. The van der Waals surface area contributed by atoms with Crippen LogP contribution in [0.4, 0.5) is 8.78 Å². The number of aliphatic hydroxyl groups is 1. The zero-order valence-corrected chi connectivity index (χ0v) is 28.2. The number of hydrogen-bond donors (Lipinski definition) is 1. The van der Waals surface area contributed by atoms with Crippen molar-refractivity contribution in [2.45, 2.75) is 12.5 Å². The number of nitrogens with zero attached hydrogens (tertiary/aromatic N) is 4. The Morgan fingerprint density at radius 2 is 0.885 bits per heavy atom. The van der Waals surface area contributed by atoms with Gasteiger partial charge in [-0.3, -0.25) is 0 Å². The summed E-state index contributed by atoms with van der Waals surface area (Å²) in [4.78, 5) is 8.72. The van der Waals surface area contributed by atoms with E-state index in [1.54, 1.807) is 48.5 Å². The zero-order valence-electron chi connectivity index (χ0n) is 27.5. The maximum atomic E-state index is 14.5. The molecule has 0 radical (unpaired) electrons. The van der Waals surface area contributed by atoms with E-state index in [2.05, 4.69) is 20.3 Å². The van der Waals surface area contributed by atoms with Crippen molar-refractivity contribution in [2.75, 3.05) is 0 Å². The molecule has 0 saturated carbocycles. The molecule has 2 aromatic heterocycles. The van der Waals surface area contributed by atoms with Crippen molar-refractivity contribution in [1.82, 2.24) is 20.3 Å². The monoisotopic (exact) mass is 710 g/mol. The van der Waals surface area contributed by atoms with Gasteiger partial charge in [0.25, 0.3) is 11.8 Å². The standard InChI is InChI=1S/C21H14ClFN2O.C21H15FN2O2/c22-13-14-6-8-16(9-7-14)20-24-21(26-25-20)17-10-11-18(19(23)12-17)15-4-2-1-3-5-15;22-19-12-17(10-11-18(19)15-4-2-1-3-5-15)21-23-20(24-26-21)16-8-6-14(13-25)7-9-16/h1-12H,13H2;1-12,25H,13H2. The predicted molar refractivity (Wildman–Crippen MR) is 197 cm³/mol. The van der Waals surface area contributed by atoms with Crippen molar-refractivity contribution in [3.8, 4) is 67.9 Å². The SMILES string of the molecule is Fc1cc(-c2nc(-c3ccc(CCl)cc3)no2)ccc1-c1ccccc1.OCc1ccc(-c2noc(-c3ccc(-c4ccccc4)c(F)c3)n2)cc1. The zero-order chi connectivity index (χ0) is 35.9. The number of hydrogen-bond acceptors (Lipinski definition) is 7. The lowest BCUT2D eigenvalue weighted by molar-refractivity contribution is 0.282. The van der Waals surface area contributed by atoms with Crippen molar-refractivity contribution in [3.63, 3.8) is 0 Å². The van der Waals surface area contributed by atoms with Crippen LogP contribution < -0.4 is 0 Å². The fraction of sp³-hybridized carbons (Fsp3) is 0.0476. The number of benzene rings is 6. The van der Waals surface area contributed by atoms with E-state index in [0.29, 0.717) is 39.8 Å². The summed E-state index contributed by atoms with van der Waals surface area (Å²) in [6, 6.07) is 43.3. The molecule has 0 aliphatic carbocycles. The Morgan fingerprint density at radius 3 is 1.27 bits per heavy atom. The molecule has 8 aromatic rings. The quantitative estimate of drug-likeness (QED) is 0.157. The first-order valence-corrected chi connectivity index (χ1v) is 16.8. The van der Waals surface area contributed by atoms with Crippen molar-refractivity contribution >= 4 is 11.6 Å². The predicted octanol–water partition coefficient (Wildman–Crippen LogP) is 10.7. The van der Waals surface area contributed by atoms with Gasteiger partial charge in [-0.15, -0.1) is 11.6 Å². The molecule has 6 aromatic carbocycles. The molecule has 0 atom stereocenters. The van der Waals surface area contributed by atoms with E-state index in [4.69, 9.17) is 25.8 Å². The topological polar surface area (TPSA) is 98.1 Å². The van der Waals surface area contributed by atoms with Crippen LogP contribution in [0.2, 0.25) is 0 Å². The van der Waals surface area contributed by atoms with E-state index < -0.39 is 0 Å². The second-order valence-corrected chi connectivity index (χ2v) is 11.9. The van der Waals surface area contributed by atoms with E-state index in [9.17, 15) is 8.78 Å². The van der Waals surface area contributed by atoms with Gasteiger partial charge in [0.1, 0.15) is 11.6 Å². The summed E-state index contributed by atoms with van der Waals surface area (Å²) in [5.74, 6) is 1.17. The summed E-state index contributed by atoms with van der Waals surface area (Å²) in [5.41, 5.74) is 7.14. The minimum Gasteiger partial charge on any atom is -0.392 e. The van der Waals surface area contributed by atoms with Crippen molar-refractivity contribution in [2.24, 2.45) is 0 Å². The fourth-order valence-electron chi connectivity index (χ4n) is 5.42. The molecule has 1 N–H and O–H groups in total. The second kappa shape index (κ2) is 15.7. The van der Waals surface area contributed by atoms with Crippen LogP contribution >= 0.6 is 11.6 Å². The smallest absolute Gasteiger partial charge is 0.258 e. The number of aliphatic hydroxyl groups excluding tert-OH is 1. The van der Waals surface area contributed by atoms with E-state index >= 15 is 0 Å². The first-order valence-electron chi connectivity index (χ1n) is 16.2. The van der Waals surface area contributed by atoms with Crippen LogP contribution in [-0.2, 0) is 12.5 Å². The van der Waals surface area contributed by atoms with E-state index in [1.807, 2.05) is 84.9 Å². The molecule has 2 heterocycles. The average molecular weight is 711 g/mol. The van der Waals surface area contributed by atoms with Gasteiger partial charge in [-0.1, -0.05) is 132 Å². The summed E-state index contributed by atoms with van der Waals surface area (Å²) in [6.45, 7) is -0.0230. The lowest BCUT2D eigenvalue weighted by atomic mass is 10.0. The molecule has 0 amide bonds. The molecule has 7 nitrogen and oxygen atoms in total. The number of halogens is 3. The highest BCUT2D eigenvalue weighted by Crippen LogP contribution is 2.30. The van der Waals surface area contributed by atoms with Crippen LogP contribution in [0, 0.1) is 11.6 Å². The summed E-state index contributed by atoms with van der Waals surface area (Å²) >= 11 is 5.80. The maximum absolute atomic E-state index is 14.5. The third kappa shape index (κ3) is 7.71. The molecule has 52 heavy (non-hydrogen) atoms. The molecule has 10 heteroatoms. The van der Waals surface area contributed by atoms with Crippen LogP contribution in [-0.4, -0.2) is 25.4 Å². The van der Waals surface area contributed by atoms with Gasteiger partial charge in [0.2, 0.25) is 11.6 Å². The lowest BCUT2D eigenvalue weighted by Crippen LogP contribution is -1.87. The van der Waals surface area contributed by atoms with E-state index in [1.165, 1.54) is 12.1 Å². The molecule has 0 aliphatic rings. The molecular formula is C42H29ClF2N4O3. The highest BCUT2D eigenvalue weighted by Gasteiger charge is 2.15. The number of rotatable bonds is 8. The molecule has 0 bridgehead atoms. The van der Waals surface area contributed by atoms with E-state index in [-0.39, 0.29) is 30.0 Å². The van der Waals surface area contributed by atoms with Gasteiger partial charge in [-0.2, -0.15) is 9.97 Å². The third-order valence-electron chi connectivity index (χ3n) is 8.21. The fourth-order valence-corrected chi connectivity index (χ4v) is 5.60. The molecule has 0 fully saturated rings. The van der Waals surface area contributed by atoms with Crippen LogP contribution in [0.25, 0.3) is 67.9 Å². The van der Waals surface area contributed by atoms with Crippen LogP contribution in [0.15, 0.2) is 155 Å². The summed E-state index contributed by atoms with van der Waals surface area (Å²) in [7, 11) is 0. The van der Waals surface area contributed by atoms with Gasteiger partial charge in [0, 0.05) is 39.3 Å². The summed E-state index contributed by atoms with van der Waals surface area (Å²) in [5, 5.41) is 17.0. The highest BCUT2D eigenvalue weighted by atomic mass is 35.5. The normalized spacial score (nSPS) is 10.8. The molecule has 0 spiro atoms. The van der Waals surface area contributed by atoms with Gasteiger partial charge < -0.3 is 14.2 Å². The maximum Gasteiger partial charge on any atom is 0.258 e. The Labute approximate surface area is 302 Å².